The zero-order valence-corrected chi connectivity index (χ0v) is 15.8. The lowest BCUT2D eigenvalue weighted by Crippen LogP contribution is -2.19. The van der Waals surface area contributed by atoms with Crippen molar-refractivity contribution in [2.75, 3.05) is 5.75 Å². The lowest BCUT2D eigenvalue weighted by molar-refractivity contribution is -0.119. The number of carbonyl (C=O) groups excluding carboxylic acids is 2. The van der Waals surface area contributed by atoms with Gasteiger partial charge in [-0.2, -0.15) is 5.10 Å². The smallest absolute Gasteiger partial charge is 0.250 e. The number of carbonyl (C=O) groups is 2. The minimum atomic E-state index is -0.424. The molecule has 1 aromatic heterocycles. The zero-order valence-electron chi connectivity index (χ0n) is 14.3. The fourth-order valence-electron chi connectivity index (χ4n) is 2.56. The molecular weight excluding hydrogens is 384 g/mol. The van der Waals surface area contributed by atoms with Crippen LogP contribution in [-0.2, 0) is 16.1 Å². The molecule has 138 valence electrons. The number of benzene rings is 2. The van der Waals surface area contributed by atoms with Crippen molar-refractivity contribution in [2.45, 2.75) is 11.4 Å². The third kappa shape index (κ3) is 5.12. The summed E-state index contributed by atoms with van der Waals surface area (Å²) in [5.74, 6) is -0.401. The number of aromatic nitrogens is 1. The van der Waals surface area contributed by atoms with E-state index in [-0.39, 0.29) is 18.2 Å². The van der Waals surface area contributed by atoms with Gasteiger partial charge in [-0.25, -0.2) is 5.43 Å². The molecule has 6 nitrogen and oxygen atoms in total. The number of para-hydroxylation sites is 1. The molecule has 3 aromatic rings. The Morgan fingerprint density at radius 2 is 1.93 bits per heavy atom. The summed E-state index contributed by atoms with van der Waals surface area (Å²) in [4.78, 5) is 24.1. The molecule has 2 amide bonds. The van der Waals surface area contributed by atoms with Gasteiger partial charge in [0.1, 0.15) is 6.54 Å². The average Bonchev–Trinajstić information content (AvgIpc) is 2.98. The molecule has 2 aromatic carbocycles. The van der Waals surface area contributed by atoms with Crippen LogP contribution in [0.3, 0.4) is 0 Å². The molecule has 0 aliphatic rings. The van der Waals surface area contributed by atoms with E-state index in [0.29, 0.717) is 5.02 Å². The van der Waals surface area contributed by atoms with Crippen LogP contribution in [0.4, 0.5) is 0 Å². The highest BCUT2D eigenvalue weighted by Gasteiger charge is 2.08. The summed E-state index contributed by atoms with van der Waals surface area (Å²) in [5, 5.41) is 5.60. The Bertz CT molecular complexity index is 999. The Hall–Kier alpha value is -2.77. The van der Waals surface area contributed by atoms with Gasteiger partial charge in [0.25, 0.3) is 0 Å². The first-order valence-electron chi connectivity index (χ1n) is 8.09. The van der Waals surface area contributed by atoms with Gasteiger partial charge in [0.2, 0.25) is 11.8 Å². The van der Waals surface area contributed by atoms with Crippen LogP contribution >= 0.6 is 23.4 Å². The van der Waals surface area contributed by atoms with E-state index in [1.165, 1.54) is 11.8 Å². The largest absolute Gasteiger partial charge is 0.368 e. The van der Waals surface area contributed by atoms with Gasteiger partial charge in [0.15, 0.2) is 0 Å². The van der Waals surface area contributed by atoms with Crippen LogP contribution in [0.25, 0.3) is 10.9 Å². The molecule has 0 aliphatic carbocycles. The highest BCUT2D eigenvalue weighted by Crippen LogP contribution is 2.21. The van der Waals surface area contributed by atoms with Crippen molar-refractivity contribution in [1.82, 2.24) is 9.99 Å². The highest BCUT2D eigenvalue weighted by molar-refractivity contribution is 8.00. The standard InChI is InChI=1S/C19H17ClN4O2S/c20-14-5-7-15(8-6-14)27-12-19(26)23-22-9-13-10-24(11-18(21)25)17-4-2-1-3-16(13)17/h1-10H,11-12H2,(H2,21,25)(H,23,26)/b22-9-. The summed E-state index contributed by atoms with van der Waals surface area (Å²) >= 11 is 7.23. The Morgan fingerprint density at radius 1 is 1.19 bits per heavy atom. The number of nitrogens with two attached hydrogens (primary N) is 1. The number of primary amides is 1. The Balaban J connectivity index is 1.63. The molecule has 0 atom stereocenters. The quantitative estimate of drug-likeness (QED) is 0.363. The van der Waals surface area contributed by atoms with E-state index in [0.717, 1.165) is 21.4 Å². The number of hydrazone groups is 1. The minimum absolute atomic E-state index is 0.0818. The molecule has 8 heteroatoms. The van der Waals surface area contributed by atoms with Crippen LogP contribution in [0.1, 0.15) is 5.56 Å². The van der Waals surface area contributed by atoms with Crippen molar-refractivity contribution in [3.63, 3.8) is 0 Å². The van der Waals surface area contributed by atoms with Gasteiger partial charge in [-0.3, -0.25) is 9.59 Å². The number of amides is 2. The van der Waals surface area contributed by atoms with E-state index in [9.17, 15) is 9.59 Å². The van der Waals surface area contributed by atoms with Crippen molar-refractivity contribution in [3.05, 3.63) is 65.3 Å². The molecule has 0 unspecified atom stereocenters. The van der Waals surface area contributed by atoms with Crippen LogP contribution in [0, 0.1) is 0 Å². The van der Waals surface area contributed by atoms with Crippen LogP contribution in [0.5, 0.6) is 0 Å². The lowest BCUT2D eigenvalue weighted by atomic mass is 10.2. The van der Waals surface area contributed by atoms with Gasteiger partial charge >= 0.3 is 0 Å². The average molecular weight is 401 g/mol. The predicted molar refractivity (Wildman–Crippen MR) is 109 cm³/mol. The molecule has 0 fully saturated rings. The van der Waals surface area contributed by atoms with Gasteiger partial charge in [0.05, 0.1) is 12.0 Å². The number of thioether (sulfide) groups is 1. The fraction of sp³-hybridized carbons (Fsp3) is 0.105. The van der Waals surface area contributed by atoms with Crippen molar-refractivity contribution in [3.8, 4) is 0 Å². The molecule has 0 radical (unpaired) electrons. The van der Waals surface area contributed by atoms with E-state index in [2.05, 4.69) is 10.5 Å². The fourth-order valence-corrected chi connectivity index (χ4v) is 3.38. The second kappa shape index (κ2) is 8.75. The summed E-state index contributed by atoms with van der Waals surface area (Å²) in [6.45, 7) is 0.0818. The SMILES string of the molecule is NC(=O)Cn1cc(/C=N\NC(=O)CSc2ccc(Cl)cc2)c2ccccc21. The van der Waals surface area contributed by atoms with Crippen LogP contribution in [0.2, 0.25) is 5.02 Å². The molecule has 1 heterocycles. The number of hydrogen-bond donors (Lipinski definition) is 2. The van der Waals surface area contributed by atoms with Crippen LogP contribution < -0.4 is 11.2 Å². The molecule has 0 saturated carbocycles. The summed E-state index contributed by atoms with van der Waals surface area (Å²) < 4.78 is 1.76. The normalized spacial score (nSPS) is 11.1. The van der Waals surface area contributed by atoms with E-state index in [1.54, 1.807) is 29.1 Å². The predicted octanol–water partition coefficient (Wildman–Crippen LogP) is 3.02. The number of fused-ring (bicyclic) bond motifs is 1. The van der Waals surface area contributed by atoms with Crippen molar-refractivity contribution < 1.29 is 9.59 Å². The molecule has 27 heavy (non-hydrogen) atoms. The first-order valence-corrected chi connectivity index (χ1v) is 9.46. The monoisotopic (exact) mass is 400 g/mol. The maximum atomic E-state index is 11.9. The van der Waals surface area contributed by atoms with Crippen molar-refractivity contribution >= 4 is 52.3 Å². The van der Waals surface area contributed by atoms with Crippen LogP contribution in [0.15, 0.2) is 64.7 Å². The zero-order chi connectivity index (χ0) is 19.2. The van der Waals surface area contributed by atoms with E-state index >= 15 is 0 Å². The second-order valence-electron chi connectivity index (χ2n) is 5.73. The summed E-state index contributed by atoms with van der Waals surface area (Å²) in [7, 11) is 0. The minimum Gasteiger partial charge on any atom is -0.368 e. The summed E-state index contributed by atoms with van der Waals surface area (Å²) in [5.41, 5.74) is 9.47. The number of nitrogens with one attached hydrogen (secondary N) is 1. The first-order chi connectivity index (χ1) is 13.0. The molecule has 0 spiro atoms. The molecular formula is C19H17ClN4O2S. The third-order valence-corrected chi connectivity index (χ3v) is 4.99. The molecule has 0 bridgehead atoms. The molecule has 0 aliphatic heterocycles. The number of nitrogens with zero attached hydrogens (tertiary/aromatic N) is 2. The highest BCUT2D eigenvalue weighted by atomic mass is 35.5. The third-order valence-electron chi connectivity index (χ3n) is 3.72. The van der Waals surface area contributed by atoms with Crippen molar-refractivity contribution in [1.29, 1.82) is 0 Å². The maximum absolute atomic E-state index is 11.9. The number of rotatable bonds is 7. The van der Waals surface area contributed by atoms with Gasteiger partial charge < -0.3 is 10.3 Å². The van der Waals surface area contributed by atoms with E-state index < -0.39 is 5.91 Å². The Morgan fingerprint density at radius 3 is 2.67 bits per heavy atom. The first kappa shape index (κ1) is 19.0. The number of halogens is 1. The van der Waals surface area contributed by atoms with Gasteiger partial charge in [0, 0.05) is 32.6 Å². The Kier molecular flexibility index (Phi) is 6.16. The molecule has 0 saturated heterocycles. The van der Waals surface area contributed by atoms with Gasteiger partial charge in [-0.1, -0.05) is 29.8 Å². The Labute approximate surface area is 165 Å². The number of hydrogen-bond acceptors (Lipinski definition) is 4. The topological polar surface area (TPSA) is 89.5 Å². The van der Waals surface area contributed by atoms with E-state index in [1.807, 2.05) is 36.4 Å². The maximum Gasteiger partial charge on any atom is 0.250 e. The van der Waals surface area contributed by atoms with Crippen molar-refractivity contribution in [2.24, 2.45) is 10.8 Å². The molecule has 3 N–H and O–H groups in total. The summed E-state index contributed by atoms with van der Waals surface area (Å²) in [6, 6.07) is 14.9. The lowest BCUT2D eigenvalue weighted by Gasteiger charge is -2.01. The van der Waals surface area contributed by atoms with E-state index in [4.69, 9.17) is 17.3 Å². The second-order valence-corrected chi connectivity index (χ2v) is 7.22. The molecule has 3 rings (SSSR count). The van der Waals surface area contributed by atoms with Gasteiger partial charge in [-0.05, 0) is 30.3 Å². The van der Waals surface area contributed by atoms with Gasteiger partial charge in [-0.15, -0.1) is 11.8 Å². The van der Waals surface area contributed by atoms with Crippen LogP contribution in [-0.4, -0.2) is 28.3 Å². The summed E-state index contributed by atoms with van der Waals surface area (Å²) in [6.07, 6.45) is 3.35.